The summed E-state index contributed by atoms with van der Waals surface area (Å²) in [6.07, 6.45) is 2.16. The molecule has 0 aliphatic carbocycles. The smallest absolute Gasteiger partial charge is 0.229 e. The van der Waals surface area contributed by atoms with Gasteiger partial charge in [0.05, 0.1) is 49.6 Å². The average molecular weight is 519 g/mol. The zero-order valence-corrected chi connectivity index (χ0v) is 22.4. The number of fused-ring (bicyclic) bond motifs is 1. The highest BCUT2D eigenvalue weighted by atomic mass is 16.5. The maximum atomic E-state index is 5.71. The summed E-state index contributed by atoms with van der Waals surface area (Å²) in [5, 5.41) is 4.64. The van der Waals surface area contributed by atoms with E-state index in [1.165, 1.54) is 5.56 Å². The Bertz CT molecular complexity index is 1230. The van der Waals surface area contributed by atoms with Crippen LogP contribution in [0, 0.1) is 0 Å². The molecule has 38 heavy (non-hydrogen) atoms. The Morgan fingerprint density at radius 1 is 0.789 bits per heavy atom. The van der Waals surface area contributed by atoms with Gasteiger partial charge in [-0.15, -0.1) is 0 Å². The molecule has 3 aliphatic heterocycles. The lowest BCUT2D eigenvalue weighted by Gasteiger charge is -2.37. The third-order valence-electron chi connectivity index (χ3n) is 7.86. The van der Waals surface area contributed by atoms with Crippen LogP contribution < -0.4 is 15.1 Å². The van der Waals surface area contributed by atoms with E-state index in [0.29, 0.717) is 32.5 Å². The predicted octanol–water partition coefficient (Wildman–Crippen LogP) is 3.41. The van der Waals surface area contributed by atoms with Gasteiger partial charge in [0.15, 0.2) is 5.65 Å². The Morgan fingerprint density at radius 3 is 2.21 bits per heavy atom. The van der Waals surface area contributed by atoms with Crippen LogP contribution in [0.5, 0.6) is 0 Å². The number of morpholine rings is 2. The Hall–Kier alpha value is -2.85. The highest BCUT2D eigenvalue weighted by Gasteiger charge is 2.27. The fraction of sp³-hybridized carbons (Fsp3) is 0.552. The number of nitrogens with one attached hydrogen (secondary N) is 1. The van der Waals surface area contributed by atoms with E-state index in [9.17, 15) is 0 Å². The van der Waals surface area contributed by atoms with E-state index < -0.39 is 0 Å². The fourth-order valence-electron chi connectivity index (χ4n) is 5.51. The molecular weight excluding hydrogens is 480 g/mol. The summed E-state index contributed by atoms with van der Waals surface area (Å²) in [5.41, 5.74) is 4.01. The lowest BCUT2D eigenvalue weighted by molar-refractivity contribution is 0.0776. The van der Waals surface area contributed by atoms with Crippen LogP contribution in [0.3, 0.4) is 0 Å². The number of hydrogen-bond acceptors (Lipinski definition) is 9. The minimum absolute atomic E-state index is 0.210. The van der Waals surface area contributed by atoms with Gasteiger partial charge in [-0.25, -0.2) is 4.98 Å². The first-order valence-corrected chi connectivity index (χ1v) is 13.9. The van der Waals surface area contributed by atoms with Gasteiger partial charge in [0.1, 0.15) is 5.82 Å². The summed E-state index contributed by atoms with van der Waals surface area (Å²) in [7, 11) is 0. The second-order valence-corrected chi connectivity index (χ2v) is 10.6. The van der Waals surface area contributed by atoms with Crippen LogP contribution in [0.1, 0.15) is 32.3 Å². The molecule has 1 N–H and O–H groups in total. The molecule has 2 aromatic heterocycles. The molecule has 3 fully saturated rings. The van der Waals surface area contributed by atoms with Crippen LogP contribution in [0.15, 0.2) is 36.4 Å². The molecule has 9 nitrogen and oxygen atoms in total. The summed E-state index contributed by atoms with van der Waals surface area (Å²) in [5.74, 6) is 1.66. The maximum Gasteiger partial charge on any atom is 0.229 e. The average Bonchev–Trinajstić information content (AvgIpc) is 2.96. The van der Waals surface area contributed by atoms with Gasteiger partial charge in [0.2, 0.25) is 5.95 Å². The van der Waals surface area contributed by atoms with Crippen molar-refractivity contribution >= 4 is 22.8 Å². The molecule has 2 atom stereocenters. The van der Waals surface area contributed by atoms with E-state index >= 15 is 0 Å². The van der Waals surface area contributed by atoms with E-state index in [0.717, 1.165) is 79.7 Å². The van der Waals surface area contributed by atoms with Crippen molar-refractivity contribution in [2.45, 2.75) is 51.4 Å². The largest absolute Gasteiger partial charge is 0.381 e. The molecule has 1 unspecified atom stereocenters. The Labute approximate surface area is 224 Å². The van der Waals surface area contributed by atoms with Crippen molar-refractivity contribution in [2.75, 3.05) is 62.5 Å². The molecule has 0 saturated carbocycles. The van der Waals surface area contributed by atoms with Crippen LogP contribution in [0.4, 0.5) is 11.8 Å². The third-order valence-corrected chi connectivity index (χ3v) is 7.86. The molecule has 0 spiro atoms. The lowest BCUT2D eigenvalue weighted by atomic mass is 10.1. The van der Waals surface area contributed by atoms with Gasteiger partial charge in [-0.2, -0.15) is 9.97 Å². The van der Waals surface area contributed by atoms with E-state index in [2.05, 4.69) is 65.4 Å². The van der Waals surface area contributed by atoms with Gasteiger partial charge < -0.3 is 29.3 Å². The third kappa shape index (κ3) is 5.47. The molecule has 6 rings (SSSR count). The first-order valence-electron chi connectivity index (χ1n) is 13.9. The normalized spacial score (nSPS) is 23.2. The molecule has 0 amide bonds. The molecule has 3 aromatic rings. The van der Waals surface area contributed by atoms with Crippen LogP contribution in [-0.2, 0) is 20.8 Å². The quantitative estimate of drug-likeness (QED) is 0.528. The van der Waals surface area contributed by atoms with Gasteiger partial charge in [-0.3, -0.25) is 0 Å². The van der Waals surface area contributed by atoms with E-state index in [-0.39, 0.29) is 12.1 Å². The minimum Gasteiger partial charge on any atom is -0.381 e. The summed E-state index contributed by atoms with van der Waals surface area (Å²) in [4.78, 5) is 19.7. The summed E-state index contributed by atoms with van der Waals surface area (Å²) in [6.45, 7) is 11.2. The molecule has 3 aliphatic rings. The number of anilines is 2. The van der Waals surface area contributed by atoms with Crippen molar-refractivity contribution in [1.82, 2.24) is 20.3 Å². The molecule has 202 valence electrons. The van der Waals surface area contributed by atoms with Gasteiger partial charge in [0.25, 0.3) is 0 Å². The molecule has 1 aromatic carbocycles. The van der Waals surface area contributed by atoms with Crippen molar-refractivity contribution in [3.63, 3.8) is 0 Å². The van der Waals surface area contributed by atoms with Crippen LogP contribution in [0.2, 0.25) is 0 Å². The van der Waals surface area contributed by atoms with Crippen molar-refractivity contribution < 1.29 is 14.2 Å². The van der Waals surface area contributed by atoms with Gasteiger partial charge in [-0.05, 0) is 44.4 Å². The zero-order valence-electron chi connectivity index (χ0n) is 22.4. The van der Waals surface area contributed by atoms with Crippen LogP contribution in [0.25, 0.3) is 22.3 Å². The second kappa shape index (κ2) is 11.5. The van der Waals surface area contributed by atoms with Crippen LogP contribution in [-0.4, -0.2) is 85.8 Å². The lowest BCUT2D eigenvalue weighted by Crippen LogP contribution is -2.46. The second-order valence-electron chi connectivity index (χ2n) is 10.6. The van der Waals surface area contributed by atoms with E-state index in [4.69, 9.17) is 29.2 Å². The molecule has 9 heteroatoms. The van der Waals surface area contributed by atoms with Crippen molar-refractivity contribution in [3.8, 4) is 11.3 Å². The summed E-state index contributed by atoms with van der Waals surface area (Å²) < 4.78 is 16.9. The monoisotopic (exact) mass is 518 g/mol. The first kappa shape index (κ1) is 25.4. The molecule has 0 radical (unpaired) electrons. The minimum atomic E-state index is 0.210. The number of nitrogens with zero attached hydrogens (tertiary/aromatic N) is 5. The summed E-state index contributed by atoms with van der Waals surface area (Å²) >= 11 is 0. The Morgan fingerprint density at radius 2 is 1.50 bits per heavy atom. The van der Waals surface area contributed by atoms with E-state index in [1.54, 1.807) is 0 Å². The Kier molecular flexibility index (Phi) is 7.69. The van der Waals surface area contributed by atoms with Crippen molar-refractivity contribution in [3.05, 3.63) is 42.0 Å². The van der Waals surface area contributed by atoms with Crippen molar-refractivity contribution in [2.24, 2.45) is 0 Å². The number of rotatable bonds is 6. The maximum absolute atomic E-state index is 5.71. The number of benzene rings is 1. The highest BCUT2D eigenvalue weighted by molar-refractivity contribution is 5.90. The molecule has 3 saturated heterocycles. The number of ether oxygens (including phenoxy) is 3. The molecular formula is C29H38N6O3. The molecule has 0 bridgehead atoms. The highest BCUT2D eigenvalue weighted by Crippen LogP contribution is 2.31. The fourth-order valence-corrected chi connectivity index (χ4v) is 5.51. The van der Waals surface area contributed by atoms with Gasteiger partial charge >= 0.3 is 0 Å². The number of aromatic nitrogens is 3. The van der Waals surface area contributed by atoms with Gasteiger partial charge in [-0.1, -0.05) is 24.3 Å². The van der Waals surface area contributed by atoms with Gasteiger partial charge in [0, 0.05) is 44.5 Å². The van der Waals surface area contributed by atoms with Crippen molar-refractivity contribution in [1.29, 1.82) is 0 Å². The number of hydrogen-bond donors (Lipinski definition) is 1. The zero-order chi connectivity index (χ0) is 25.9. The molecule has 5 heterocycles. The number of pyridine rings is 1. The Balaban J connectivity index is 1.30. The predicted molar refractivity (Wildman–Crippen MR) is 149 cm³/mol. The van der Waals surface area contributed by atoms with E-state index in [1.807, 2.05) is 0 Å². The SMILES string of the molecule is CC1COCCN1c1nc(N2CCOC[C@@H]2C)nc2nc(-c3ccc(CNC4CCOCC4)cc3)ccc12. The topological polar surface area (TPSA) is 84.9 Å². The summed E-state index contributed by atoms with van der Waals surface area (Å²) in [6, 6.07) is 13.9. The standard InChI is InChI=1S/C29H38N6O3/c1-20-18-37-15-11-34(20)28-25-7-8-26(31-27(25)32-29(33-28)35-12-16-38-19-21(35)2)23-5-3-22(4-6-23)17-30-24-9-13-36-14-10-24/h3-8,20-21,24,30H,9-19H2,1-2H3/t20?,21-/m0/s1. The first-order chi connectivity index (χ1) is 18.7. The van der Waals surface area contributed by atoms with Crippen LogP contribution >= 0.6 is 0 Å².